The van der Waals surface area contributed by atoms with E-state index in [9.17, 15) is 43.2 Å². The lowest BCUT2D eigenvalue weighted by Crippen LogP contribution is -2.30. The molecule has 96 heavy (non-hydrogen) atoms. The van der Waals surface area contributed by atoms with Crippen LogP contribution in [0.3, 0.4) is 0 Å². The average molecular weight is 1410 g/mol. The summed E-state index contributed by atoms with van der Waals surface area (Å²) >= 11 is 0. The number of hydrogen-bond acceptors (Lipinski definition) is 15. The fourth-order valence-corrected chi connectivity index (χ4v) is 13.3. The number of esters is 4. The Labute approximate surface area is 588 Å². The van der Waals surface area contributed by atoms with Crippen LogP contribution in [0, 0.1) is 11.8 Å². The first-order valence-electron chi connectivity index (χ1n) is 40.1. The van der Waals surface area contributed by atoms with Crippen molar-refractivity contribution < 1.29 is 80.2 Å². The first-order valence-corrected chi connectivity index (χ1v) is 43.1. The first-order chi connectivity index (χ1) is 46.4. The van der Waals surface area contributed by atoms with Crippen LogP contribution in [-0.2, 0) is 65.4 Å². The molecule has 19 heteroatoms. The number of aliphatic hydroxyl groups excluding tert-OH is 1. The van der Waals surface area contributed by atoms with Crippen molar-refractivity contribution in [2.24, 2.45) is 11.8 Å². The smallest absolute Gasteiger partial charge is 0.462 e. The second kappa shape index (κ2) is 68.8. The van der Waals surface area contributed by atoms with Gasteiger partial charge in [0.05, 0.1) is 26.4 Å². The number of hydrogen-bond donors (Lipinski definition) is 3. The van der Waals surface area contributed by atoms with Crippen LogP contribution in [0.2, 0.25) is 0 Å². The first kappa shape index (κ1) is 94.1. The normalized spacial score (nSPS) is 14.6. The Morgan fingerprint density at radius 2 is 0.500 bits per heavy atom. The van der Waals surface area contributed by atoms with Gasteiger partial charge in [-0.3, -0.25) is 37.3 Å². The van der Waals surface area contributed by atoms with Crippen LogP contribution in [0.25, 0.3) is 0 Å². The third-order valence-corrected chi connectivity index (χ3v) is 20.6. The highest BCUT2D eigenvalue weighted by molar-refractivity contribution is 7.47. The molecule has 0 aliphatic heterocycles. The van der Waals surface area contributed by atoms with Crippen molar-refractivity contribution in [3.05, 3.63) is 0 Å². The standard InChI is InChI=1S/C77H150O17P2/c1-7-11-13-15-17-19-20-21-22-23-24-25-26-27-32-35-38-42-49-55-61-76(81)93-72(65-88-75(80)60-54-48-41-37-34-31-29-28-30-33-36-39-45-51-57-69(5)9-3)67-91-95(83,84)89-63-71(78)64-90-96(85,86)92-68-73(66-87-74(79)59-53-47-40-18-16-14-12-8-2)94-77(82)62-56-50-44-43-46-52-58-70(6)10-4/h69-73,78H,7-68H2,1-6H3,(H,83,84)(H,85,86)/t69?,70?,71-,72-,73-/m1/s1. The average Bonchev–Trinajstić information content (AvgIpc) is 1.34. The summed E-state index contributed by atoms with van der Waals surface area (Å²) in [6.45, 7) is 9.58. The molecule has 0 amide bonds. The van der Waals surface area contributed by atoms with Crippen molar-refractivity contribution in [1.82, 2.24) is 0 Å². The van der Waals surface area contributed by atoms with E-state index in [-0.39, 0.29) is 25.7 Å². The van der Waals surface area contributed by atoms with Crippen LogP contribution in [0.15, 0.2) is 0 Å². The van der Waals surface area contributed by atoms with Crippen LogP contribution in [0.4, 0.5) is 0 Å². The quantitative estimate of drug-likeness (QED) is 0.0222. The molecular formula is C77H150O17P2. The Kier molecular flexibility index (Phi) is 67.4. The summed E-state index contributed by atoms with van der Waals surface area (Å²) in [5, 5.41) is 10.6. The highest BCUT2D eigenvalue weighted by Gasteiger charge is 2.30. The summed E-state index contributed by atoms with van der Waals surface area (Å²) in [7, 11) is -9.91. The third kappa shape index (κ3) is 67.9. The minimum atomic E-state index is -4.96. The zero-order chi connectivity index (χ0) is 70.7. The molecule has 0 radical (unpaired) electrons. The van der Waals surface area contributed by atoms with E-state index in [0.29, 0.717) is 25.7 Å². The lowest BCUT2D eigenvalue weighted by atomic mass is 9.99. The Morgan fingerprint density at radius 3 is 0.740 bits per heavy atom. The van der Waals surface area contributed by atoms with Gasteiger partial charge >= 0.3 is 39.5 Å². The van der Waals surface area contributed by atoms with Gasteiger partial charge in [-0.15, -0.1) is 0 Å². The number of aliphatic hydroxyl groups is 1. The molecule has 0 saturated heterocycles. The van der Waals surface area contributed by atoms with Crippen molar-refractivity contribution >= 4 is 39.5 Å². The maximum absolute atomic E-state index is 13.1. The number of phosphoric acid groups is 2. The molecule has 0 aliphatic carbocycles. The molecule has 0 bridgehead atoms. The van der Waals surface area contributed by atoms with Crippen molar-refractivity contribution in [3.8, 4) is 0 Å². The summed E-state index contributed by atoms with van der Waals surface area (Å²) in [4.78, 5) is 72.7. The van der Waals surface area contributed by atoms with Crippen LogP contribution in [-0.4, -0.2) is 96.7 Å². The molecule has 0 saturated carbocycles. The Hall–Kier alpha value is -1.94. The van der Waals surface area contributed by atoms with Gasteiger partial charge < -0.3 is 33.8 Å². The van der Waals surface area contributed by atoms with Crippen molar-refractivity contribution in [1.29, 1.82) is 0 Å². The topological polar surface area (TPSA) is 237 Å². The fourth-order valence-electron chi connectivity index (χ4n) is 11.8. The van der Waals surface area contributed by atoms with Crippen molar-refractivity contribution in [2.45, 2.75) is 419 Å². The Balaban J connectivity index is 5.18. The summed E-state index contributed by atoms with van der Waals surface area (Å²) in [6, 6.07) is 0. The Bertz CT molecular complexity index is 1860. The van der Waals surface area contributed by atoms with E-state index in [1.807, 2.05) is 0 Å². The van der Waals surface area contributed by atoms with Gasteiger partial charge in [0.15, 0.2) is 12.2 Å². The van der Waals surface area contributed by atoms with Gasteiger partial charge in [0.1, 0.15) is 19.3 Å². The van der Waals surface area contributed by atoms with Crippen LogP contribution >= 0.6 is 15.6 Å². The van der Waals surface area contributed by atoms with E-state index in [1.54, 1.807) is 0 Å². The largest absolute Gasteiger partial charge is 0.472 e. The van der Waals surface area contributed by atoms with Crippen LogP contribution in [0.5, 0.6) is 0 Å². The molecule has 7 atom stereocenters. The monoisotopic (exact) mass is 1410 g/mol. The predicted molar refractivity (Wildman–Crippen MR) is 391 cm³/mol. The summed E-state index contributed by atoms with van der Waals surface area (Å²) < 4.78 is 68.4. The molecule has 0 heterocycles. The highest BCUT2D eigenvalue weighted by atomic mass is 31.2. The molecule has 0 aromatic rings. The number of rotatable bonds is 76. The van der Waals surface area contributed by atoms with Gasteiger partial charge in [0.25, 0.3) is 0 Å². The number of carbonyl (C=O) groups excluding carboxylic acids is 4. The van der Waals surface area contributed by atoms with E-state index in [1.165, 1.54) is 212 Å². The fraction of sp³-hybridized carbons (Fsp3) is 0.948. The number of ether oxygens (including phenoxy) is 4. The van der Waals surface area contributed by atoms with E-state index >= 15 is 0 Å². The maximum Gasteiger partial charge on any atom is 0.472 e. The van der Waals surface area contributed by atoms with Gasteiger partial charge in [0.2, 0.25) is 0 Å². The Morgan fingerprint density at radius 1 is 0.292 bits per heavy atom. The SMILES string of the molecule is CCCCCCCCCCCCCCCCCCCCCCC(=O)O[C@H](COC(=O)CCCCCCCCCCCCCCCCC(C)CC)COP(=O)(O)OC[C@@H](O)COP(=O)(O)OC[C@@H](COC(=O)CCCCCCCCCC)OC(=O)CCCCCCCCC(C)CC. The summed E-state index contributed by atoms with van der Waals surface area (Å²) in [5.41, 5.74) is 0. The van der Waals surface area contributed by atoms with Crippen LogP contribution in [0.1, 0.15) is 401 Å². The van der Waals surface area contributed by atoms with E-state index < -0.39 is 97.5 Å². The molecule has 0 fully saturated rings. The van der Waals surface area contributed by atoms with Crippen molar-refractivity contribution in [2.75, 3.05) is 39.6 Å². The maximum atomic E-state index is 13.1. The van der Waals surface area contributed by atoms with Crippen molar-refractivity contribution in [3.63, 3.8) is 0 Å². The molecule has 0 aromatic heterocycles. The van der Waals surface area contributed by atoms with Gasteiger partial charge in [-0.2, -0.15) is 0 Å². The predicted octanol–water partition coefficient (Wildman–Crippen LogP) is 22.7. The zero-order valence-corrected chi connectivity index (χ0v) is 64.5. The van der Waals surface area contributed by atoms with Gasteiger partial charge in [0, 0.05) is 25.7 Å². The molecular weight excluding hydrogens is 1260 g/mol. The second-order valence-electron chi connectivity index (χ2n) is 28.2. The molecule has 3 N–H and O–H groups in total. The molecule has 0 aromatic carbocycles. The molecule has 0 spiro atoms. The highest BCUT2D eigenvalue weighted by Crippen LogP contribution is 2.45. The third-order valence-electron chi connectivity index (χ3n) is 18.7. The lowest BCUT2D eigenvalue weighted by molar-refractivity contribution is -0.161. The van der Waals surface area contributed by atoms with Crippen LogP contribution < -0.4 is 0 Å². The lowest BCUT2D eigenvalue weighted by Gasteiger charge is -2.21. The molecule has 0 rings (SSSR count). The van der Waals surface area contributed by atoms with Gasteiger partial charge in [-0.25, -0.2) is 9.13 Å². The second-order valence-corrected chi connectivity index (χ2v) is 31.1. The number of carbonyl (C=O) groups is 4. The van der Waals surface area contributed by atoms with E-state index in [4.69, 9.17) is 37.0 Å². The zero-order valence-electron chi connectivity index (χ0n) is 62.7. The minimum absolute atomic E-state index is 0.103. The number of phosphoric ester groups is 2. The minimum Gasteiger partial charge on any atom is -0.462 e. The molecule has 0 aliphatic rings. The summed E-state index contributed by atoms with van der Waals surface area (Å²) in [5.74, 6) is -0.550. The molecule has 17 nitrogen and oxygen atoms in total. The molecule has 4 unspecified atom stereocenters. The van der Waals surface area contributed by atoms with E-state index in [0.717, 1.165) is 108 Å². The van der Waals surface area contributed by atoms with E-state index in [2.05, 4.69) is 41.5 Å². The number of unbranched alkanes of at least 4 members (excludes halogenated alkanes) is 44. The molecule has 570 valence electrons. The summed E-state index contributed by atoms with van der Waals surface area (Å²) in [6.07, 6.45) is 57.1. The van der Waals surface area contributed by atoms with Gasteiger partial charge in [-0.05, 0) is 37.5 Å². The van der Waals surface area contributed by atoms with Gasteiger partial charge in [-0.1, -0.05) is 350 Å².